The summed E-state index contributed by atoms with van der Waals surface area (Å²) in [7, 11) is 0. The molecular formula is C10H18O2. The van der Waals surface area contributed by atoms with Crippen molar-refractivity contribution in [2.45, 2.75) is 33.6 Å². The highest BCUT2D eigenvalue weighted by atomic mass is 16.4. The van der Waals surface area contributed by atoms with E-state index < -0.39 is 5.97 Å². The number of hydrogen-bond donors (Lipinski definition) is 1. The predicted octanol–water partition coefficient (Wildman–Crippen LogP) is 2.70. The van der Waals surface area contributed by atoms with Gasteiger partial charge in [0.05, 0.1) is 5.92 Å². The van der Waals surface area contributed by atoms with Crippen LogP contribution in [-0.2, 0) is 4.79 Å². The van der Waals surface area contributed by atoms with Crippen LogP contribution in [0, 0.1) is 11.8 Å². The van der Waals surface area contributed by atoms with Gasteiger partial charge in [0.15, 0.2) is 0 Å². The molecule has 1 atom stereocenters. The summed E-state index contributed by atoms with van der Waals surface area (Å²) in [6.07, 6.45) is 1.34. The van der Waals surface area contributed by atoms with Gasteiger partial charge in [0, 0.05) is 0 Å². The van der Waals surface area contributed by atoms with Crippen molar-refractivity contribution in [2.75, 3.05) is 0 Å². The molecule has 0 aliphatic rings. The number of carboxylic acids is 1. The van der Waals surface area contributed by atoms with Crippen molar-refractivity contribution < 1.29 is 9.90 Å². The fourth-order valence-electron chi connectivity index (χ4n) is 1.26. The van der Waals surface area contributed by atoms with Gasteiger partial charge in [0.1, 0.15) is 0 Å². The molecule has 0 amide bonds. The van der Waals surface area contributed by atoms with E-state index in [9.17, 15) is 4.79 Å². The van der Waals surface area contributed by atoms with E-state index in [1.807, 2.05) is 20.8 Å². The molecule has 12 heavy (non-hydrogen) atoms. The molecule has 0 radical (unpaired) electrons. The van der Waals surface area contributed by atoms with E-state index in [1.54, 1.807) is 0 Å². The summed E-state index contributed by atoms with van der Waals surface area (Å²) in [6.45, 7) is 9.66. The molecule has 0 saturated carbocycles. The Kier molecular flexibility index (Phi) is 4.64. The summed E-state index contributed by atoms with van der Waals surface area (Å²) in [6, 6.07) is 0. The first-order valence-corrected chi connectivity index (χ1v) is 4.30. The van der Waals surface area contributed by atoms with E-state index in [4.69, 9.17) is 5.11 Å². The SMILES string of the molecule is C=C(C)CC(CC(C)C)C(=O)O. The van der Waals surface area contributed by atoms with Crippen LogP contribution >= 0.6 is 0 Å². The molecule has 0 aliphatic carbocycles. The second-order valence-electron chi connectivity index (χ2n) is 3.83. The van der Waals surface area contributed by atoms with E-state index in [2.05, 4.69) is 6.58 Å². The lowest BCUT2D eigenvalue weighted by Gasteiger charge is -2.13. The zero-order valence-electron chi connectivity index (χ0n) is 8.13. The van der Waals surface area contributed by atoms with Crippen LogP contribution in [0.1, 0.15) is 33.6 Å². The molecule has 0 aromatic carbocycles. The largest absolute Gasteiger partial charge is 0.481 e. The van der Waals surface area contributed by atoms with Crippen molar-refractivity contribution in [1.29, 1.82) is 0 Å². The molecule has 0 rings (SSSR count). The zero-order valence-corrected chi connectivity index (χ0v) is 8.13. The molecule has 0 bridgehead atoms. The lowest BCUT2D eigenvalue weighted by molar-refractivity contribution is -0.142. The molecule has 2 heteroatoms. The van der Waals surface area contributed by atoms with Crippen molar-refractivity contribution in [3.63, 3.8) is 0 Å². The van der Waals surface area contributed by atoms with Crippen LogP contribution in [0.15, 0.2) is 12.2 Å². The molecule has 0 heterocycles. The van der Waals surface area contributed by atoms with Gasteiger partial charge in [-0.15, -0.1) is 6.58 Å². The van der Waals surface area contributed by atoms with E-state index in [1.165, 1.54) is 0 Å². The van der Waals surface area contributed by atoms with Gasteiger partial charge < -0.3 is 5.11 Å². The number of carbonyl (C=O) groups is 1. The minimum Gasteiger partial charge on any atom is -0.481 e. The third-order valence-electron chi connectivity index (χ3n) is 1.70. The Balaban J connectivity index is 4.04. The molecular weight excluding hydrogens is 152 g/mol. The van der Waals surface area contributed by atoms with Crippen LogP contribution in [0.25, 0.3) is 0 Å². The summed E-state index contributed by atoms with van der Waals surface area (Å²) in [5.41, 5.74) is 0.947. The second kappa shape index (κ2) is 4.96. The minimum atomic E-state index is -0.702. The Morgan fingerprint density at radius 2 is 2.00 bits per heavy atom. The van der Waals surface area contributed by atoms with Crippen LogP contribution in [0.5, 0.6) is 0 Å². The normalized spacial score (nSPS) is 13.0. The molecule has 0 saturated heterocycles. The van der Waals surface area contributed by atoms with E-state index in [0.717, 1.165) is 12.0 Å². The van der Waals surface area contributed by atoms with Crippen LogP contribution < -0.4 is 0 Å². The molecule has 1 N–H and O–H groups in total. The Hall–Kier alpha value is -0.790. The van der Waals surface area contributed by atoms with Crippen LogP contribution in [-0.4, -0.2) is 11.1 Å². The van der Waals surface area contributed by atoms with Gasteiger partial charge in [-0.2, -0.15) is 0 Å². The maximum absolute atomic E-state index is 10.7. The maximum atomic E-state index is 10.7. The fourth-order valence-corrected chi connectivity index (χ4v) is 1.26. The molecule has 2 nitrogen and oxygen atoms in total. The van der Waals surface area contributed by atoms with Crippen molar-refractivity contribution in [2.24, 2.45) is 11.8 Å². The number of allylic oxidation sites excluding steroid dienone is 1. The fraction of sp³-hybridized carbons (Fsp3) is 0.700. The van der Waals surface area contributed by atoms with E-state index in [0.29, 0.717) is 12.3 Å². The predicted molar refractivity (Wildman–Crippen MR) is 50.0 cm³/mol. The van der Waals surface area contributed by atoms with Crippen molar-refractivity contribution >= 4 is 5.97 Å². The lowest BCUT2D eigenvalue weighted by atomic mass is 9.92. The Morgan fingerprint density at radius 3 is 2.25 bits per heavy atom. The molecule has 0 fully saturated rings. The molecule has 0 aromatic rings. The maximum Gasteiger partial charge on any atom is 0.306 e. The summed E-state index contributed by atoms with van der Waals surface area (Å²) in [4.78, 5) is 10.7. The first-order chi connectivity index (χ1) is 5.43. The number of carboxylic acid groups (broad SMARTS) is 1. The van der Waals surface area contributed by atoms with Crippen molar-refractivity contribution in [1.82, 2.24) is 0 Å². The third-order valence-corrected chi connectivity index (χ3v) is 1.70. The van der Waals surface area contributed by atoms with Gasteiger partial charge in [0.2, 0.25) is 0 Å². The van der Waals surface area contributed by atoms with E-state index >= 15 is 0 Å². The summed E-state index contributed by atoms with van der Waals surface area (Å²) >= 11 is 0. The van der Waals surface area contributed by atoms with Crippen molar-refractivity contribution in [3.8, 4) is 0 Å². The van der Waals surface area contributed by atoms with Gasteiger partial charge in [-0.25, -0.2) is 0 Å². The third kappa shape index (κ3) is 4.94. The molecule has 0 aliphatic heterocycles. The topological polar surface area (TPSA) is 37.3 Å². The molecule has 70 valence electrons. The highest BCUT2D eigenvalue weighted by Gasteiger charge is 2.18. The Bertz CT molecular complexity index is 171. The van der Waals surface area contributed by atoms with Gasteiger partial charge in [-0.3, -0.25) is 4.79 Å². The quantitative estimate of drug-likeness (QED) is 0.644. The molecule has 1 unspecified atom stereocenters. The van der Waals surface area contributed by atoms with Gasteiger partial charge in [-0.1, -0.05) is 19.4 Å². The Morgan fingerprint density at radius 1 is 1.50 bits per heavy atom. The smallest absolute Gasteiger partial charge is 0.306 e. The highest BCUT2D eigenvalue weighted by Crippen LogP contribution is 2.18. The lowest BCUT2D eigenvalue weighted by Crippen LogP contribution is -2.16. The monoisotopic (exact) mass is 170 g/mol. The summed E-state index contributed by atoms with van der Waals surface area (Å²) < 4.78 is 0. The Labute approximate surface area is 74.3 Å². The average molecular weight is 170 g/mol. The zero-order chi connectivity index (χ0) is 9.72. The van der Waals surface area contributed by atoms with Crippen LogP contribution in [0.4, 0.5) is 0 Å². The first kappa shape index (κ1) is 11.2. The van der Waals surface area contributed by atoms with E-state index in [-0.39, 0.29) is 5.92 Å². The van der Waals surface area contributed by atoms with Gasteiger partial charge in [-0.05, 0) is 25.7 Å². The summed E-state index contributed by atoms with van der Waals surface area (Å²) in [5, 5.41) is 8.83. The van der Waals surface area contributed by atoms with Crippen LogP contribution in [0.2, 0.25) is 0 Å². The molecule has 0 spiro atoms. The van der Waals surface area contributed by atoms with Gasteiger partial charge >= 0.3 is 5.97 Å². The number of aliphatic carboxylic acids is 1. The second-order valence-corrected chi connectivity index (χ2v) is 3.83. The summed E-state index contributed by atoms with van der Waals surface area (Å²) in [5.74, 6) is -0.514. The standard InChI is InChI=1S/C10H18O2/c1-7(2)5-9(10(11)12)6-8(3)4/h8-9H,1,5-6H2,2-4H3,(H,11,12). The number of rotatable bonds is 5. The molecule has 0 aromatic heterocycles. The average Bonchev–Trinajstić information content (AvgIpc) is 1.83. The number of hydrogen-bond acceptors (Lipinski definition) is 1. The highest BCUT2D eigenvalue weighted by molar-refractivity contribution is 5.70. The minimum absolute atomic E-state index is 0.248. The van der Waals surface area contributed by atoms with Crippen LogP contribution in [0.3, 0.4) is 0 Å². The van der Waals surface area contributed by atoms with Gasteiger partial charge in [0.25, 0.3) is 0 Å². The van der Waals surface area contributed by atoms with Crippen molar-refractivity contribution in [3.05, 3.63) is 12.2 Å². The first-order valence-electron chi connectivity index (χ1n) is 4.30.